The quantitative estimate of drug-likeness (QED) is 0.884. The van der Waals surface area contributed by atoms with E-state index < -0.39 is 0 Å². The molecule has 18 heavy (non-hydrogen) atoms. The van der Waals surface area contributed by atoms with Crippen molar-refractivity contribution < 1.29 is 9.53 Å². The standard InChI is InChI=1S/C14H20N2O2/c1-4-16-13(17)8-11(15)14(16)10-5-6-12(18-3)9(2)7-10/h5-7,11,14H,4,8,15H2,1-3H3. The van der Waals surface area contributed by atoms with Crippen LogP contribution in [0.2, 0.25) is 0 Å². The summed E-state index contributed by atoms with van der Waals surface area (Å²) in [5.74, 6) is 1.00. The zero-order valence-electron chi connectivity index (χ0n) is 11.1. The van der Waals surface area contributed by atoms with Gasteiger partial charge >= 0.3 is 0 Å². The lowest BCUT2D eigenvalue weighted by Gasteiger charge is -2.26. The molecule has 1 aromatic rings. The first-order valence-corrected chi connectivity index (χ1v) is 6.28. The molecule has 1 aliphatic heterocycles. The number of methoxy groups -OCH3 is 1. The summed E-state index contributed by atoms with van der Waals surface area (Å²) in [5.41, 5.74) is 8.25. The van der Waals surface area contributed by atoms with Crippen LogP contribution in [0.25, 0.3) is 0 Å². The molecular formula is C14H20N2O2. The van der Waals surface area contributed by atoms with E-state index in [1.807, 2.05) is 30.9 Å². The van der Waals surface area contributed by atoms with Gasteiger partial charge in [-0.2, -0.15) is 0 Å². The highest BCUT2D eigenvalue weighted by Gasteiger charge is 2.37. The molecule has 2 unspecified atom stereocenters. The van der Waals surface area contributed by atoms with Crippen LogP contribution in [-0.4, -0.2) is 30.5 Å². The molecule has 2 atom stereocenters. The molecule has 1 aliphatic rings. The zero-order valence-corrected chi connectivity index (χ0v) is 11.1. The van der Waals surface area contributed by atoms with Crippen molar-refractivity contribution in [2.45, 2.75) is 32.4 Å². The Kier molecular flexibility index (Phi) is 3.57. The molecule has 0 bridgehead atoms. The van der Waals surface area contributed by atoms with Crippen LogP contribution < -0.4 is 10.5 Å². The van der Waals surface area contributed by atoms with Crippen LogP contribution in [0, 0.1) is 6.92 Å². The van der Waals surface area contributed by atoms with Gasteiger partial charge in [-0.15, -0.1) is 0 Å². The van der Waals surface area contributed by atoms with Crippen LogP contribution in [0.5, 0.6) is 5.75 Å². The van der Waals surface area contributed by atoms with Crippen LogP contribution in [-0.2, 0) is 4.79 Å². The van der Waals surface area contributed by atoms with E-state index in [0.717, 1.165) is 16.9 Å². The van der Waals surface area contributed by atoms with E-state index in [1.54, 1.807) is 7.11 Å². The Labute approximate surface area is 108 Å². The first-order chi connectivity index (χ1) is 8.58. The molecule has 0 spiro atoms. The Morgan fingerprint density at radius 1 is 1.50 bits per heavy atom. The molecule has 1 amide bonds. The Balaban J connectivity index is 2.35. The summed E-state index contributed by atoms with van der Waals surface area (Å²) in [6, 6.07) is 5.87. The summed E-state index contributed by atoms with van der Waals surface area (Å²) in [5, 5.41) is 0. The van der Waals surface area contributed by atoms with E-state index in [-0.39, 0.29) is 18.0 Å². The molecule has 1 fully saturated rings. The minimum atomic E-state index is -0.120. The molecular weight excluding hydrogens is 228 g/mol. The zero-order chi connectivity index (χ0) is 13.3. The number of amides is 1. The minimum absolute atomic E-state index is 0.00731. The third-order valence-corrected chi connectivity index (χ3v) is 3.57. The van der Waals surface area contributed by atoms with Crippen molar-refractivity contribution in [3.8, 4) is 5.75 Å². The fraction of sp³-hybridized carbons (Fsp3) is 0.500. The molecule has 1 aromatic carbocycles. The lowest BCUT2D eigenvalue weighted by atomic mass is 9.98. The van der Waals surface area contributed by atoms with Gasteiger partial charge in [-0.3, -0.25) is 4.79 Å². The highest BCUT2D eigenvalue weighted by Crippen LogP contribution is 2.33. The monoisotopic (exact) mass is 248 g/mol. The molecule has 1 heterocycles. The summed E-state index contributed by atoms with van der Waals surface area (Å²) < 4.78 is 5.25. The van der Waals surface area contributed by atoms with Crippen molar-refractivity contribution in [2.24, 2.45) is 5.73 Å². The summed E-state index contributed by atoms with van der Waals surface area (Å²) in [7, 11) is 1.66. The maximum absolute atomic E-state index is 11.8. The number of rotatable bonds is 3. The summed E-state index contributed by atoms with van der Waals surface area (Å²) in [6.07, 6.45) is 0.434. The van der Waals surface area contributed by atoms with E-state index in [4.69, 9.17) is 10.5 Å². The number of hydrogen-bond acceptors (Lipinski definition) is 3. The number of ether oxygens (including phenoxy) is 1. The van der Waals surface area contributed by atoms with Crippen LogP contribution in [0.15, 0.2) is 18.2 Å². The number of aryl methyl sites for hydroxylation is 1. The van der Waals surface area contributed by atoms with Gasteiger partial charge < -0.3 is 15.4 Å². The lowest BCUT2D eigenvalue weighted by Crippen LogP contribution is -2.32. The second-order valence-electron chi connectivity index (χ2n) is 4.72. The number of likely N-dealkylation sites (N-methyl/N-ethyl adjacent to an activating group) is 1. The number of carbonyl (C=O) groups is 1. The Hall–Kier alpha value is -1.55. The number of hydrogen-bond donors (Lipinski definition) is 1. The van der Waals surface area contributed by atoms with Crippen molar-refractivity contribution in [3.63, 3.8) is 0 Å². The lowest BCUT2D eigenvalue weighted by molar-refractivity contribution is -0.128. The van der Waals surface area contributed by atoms with Crippen molar-refractivity contribution >= 4 is 5.91 Å². The third kappa shape index (κ3) is 2.08. The molecule has 0 aromatic heterocycles. The first-order valence-electron chi connectivity index (χ1n) is 6.28. The molecule has 0 aliphatic carbocycles. The predicted octanol–water partition coefficient (Wildman–Crippen LogP) is 1.62. The maximum atomic E-state index is 11.8. The number of benzene rings is 1. The normalized spacial score (nSPS) is 23.6. The summed E-state index contributed by atoms with van der Waals surface area (Å²) in [6.45, 7) is 4.68. The van der Waals surface area contributed by atoms with Crippen molar-refractivity contribution in [3.05, 3.63) is 29.3 Å². The molecule has 4 nitrogen and oxygen atoms in total. The number of carbonyl (C=O) groups excluding carboxylic acids is 1. The van der Waals surface area contributed by atoms with Crippen LogP contribution in [0.1, 0.15) is 30.5 Å². The largest absolute Gasteiger partial charge is 0.496 e. The van der Waals surface area contributed by atoms with Gasteiger partial charge in [-0.05, 0) is 31.0 Å². The Bertz CT molecular complexity index is 459. The van der Waals surface area contributed by atoms with Gasteiger partial charge in [0, 0.05) is 19.0 Å². The second-order valence-corrected chi connectivity index (χ2v) is 4.72. The fourth-order valence-electron chi connectivity index (χ4n) is 2.70. The van der Waals surface area contributed by atoms with Gasteiger partial charge in [0.2, 0.25) is 5.91 Å². The van der Waals surface area contributed by atoms with Gasteiger partial charge in [0.05, 0.1) is 13.2 Å². The summed E-state index contributed by atoms with van der Waals surface area (Å²) >= 11 is 0. The smallest absolute Gasteiger partial charge is 0.224 e. The predicted molar refractivity (Wildman–Crippen MR) is 70.5 cm³/mol. The van der Waals surface area contributed by atoms with Gasteiger partial charge in [0.1, 0.15) is 5.75 Å². The van der Waals surface area contributed by atoms with Gasteiger partial charge in [0.25, 0.3) is 0 Å². The Morgan fingerprint density at radius 3 is 2.78 bits per heavy atom. The minimum Gasteiger partial charge on any atom is -0.496 e. The number of nitrogens with two attached hydrogens (primary N) is 1. The second kappa shape index (κ2) is 4.98. The van der Waals surface area contributed by atoms with Crippen molar-refractivity contribution in [1.82, 2.24) is 4.90 Å². The highest BCUT2D eigenvalue weighted by molar-refractivity contribution is 5.80. The molecule has 98 valence electrons. The SMILES string of the molecule is CCN1C(=O)CC(N)C1c1ccc(OC)c(C)c1. The molecule has 1 saturated heterocycles. The maximum Gasteiger partial charge on any atom is 0.224 e. The van der Waals surface area contributed by atoms with E-state index >= 15 is 0 Å². The van der Waals surface area contributed by atoms with Crippen molar-refractivity contribution in [1.29, 1.82) is 0 Å². The summed E-state index contributed by atoms with van der Waals surface area (Å²) in [4.78, 5) is 13.7. The molecule has 0 radical (unpaired) electrons. The number of likely N-dealkylation sites (tertiary alicyclic amines) is 1. The van der Waals surface area contributed by atoms with E-state index in [1.165, 1.54) is 0 Å². The molecule has 2 rings (SSSR count). The van der Waals surface area contributed by atoms with Gasteiger partial charge in [-0.1, -0.05) is 12.1 Å². The first kappa shape index (κ1) is 12.9. The van der Waals surface area contributed by atoms with E-state index in [2.05, 4.69) is 6.07 Å². The molecule has 0 saturated carbocycles. The fourth-order valence-corrected chi connectivity index (χ4v) is 2.70. The van der Waals surface area contributed by atoms with Crippen LogP contribution in [0.4, 0.5) is 0 Å². The third-order valence-electron chi connectivity index (χ3n) is 3.57. The highest BCUT2D eigenvalue weighted by atomic mass is 16.5. The van der Waals surface area contributed by atoms with Gasteiger partial charge in [-0.25, -0.2) is 0 Å². The topological polar surface area (TPSA) is 55.6 Å². The van der Waals surface area contributed by atoms with Gasteiger partial charge in [0.15, 0.2) is 0 Å². The van der Waals surface area contributed by atoms with E-state index in [0.29, 0.717) is 13.0 Å². The average molecular weight is 248 g/mol. The average Bonchev–Trinajstić information content (AvgIpc) is 2.63. The van der Waals surface area contributed by atoms with Crippen LogP contribution >= 0.6 is 0 Å². The Morgan fingerprint density at radius 2 is 2.22 bits per heavy atom. The van der Waals surface area contributed by atoms with Crippen molar-refractivity contribution in [2.75, 3.05) is 13.7 Å². The molecule has 4 heteroatoms. The molecule has 2 N–H and O–H groups in total. The number of nitrogens with zero attached hydrogens (tertiary/aromatic N) is 1. The van der Waals surface area contributed by atoms with Crippen LogP contribution in [0.3, 0.4) is 0 Å². The van der Waals surface area contributed by atoms with E-state index in [9.17, 15) is 4.79 Å².